The molecule has 2 aromatic heterocycles. The van der Waals surface area contributed by atoms with Crippen LogP contribution in [0.2, 0.25) is 5.02 Å². The number of anilines is 1. The summed E-state index contributed by atoms with van der Waals surface area (Å²) >= 11 is 6.03. The molecule has 19 heavy (non-hydrogen) atoms. The molecule has 3 nitrogen and oxygen atoms in total. The number of halogens is 1. The predicted molar refractivity (Wildman–Crippen MR) is 80.9 cm³/mol. The van der Waals surface area contributed by atoms with E-state index < -0.39 is 0 Å². The van der Waals surface area contributed by atoms with Crippen LogP contribution in [0.4, 0.5) is 5.69 Å². The number of rotatable bonds is 2. The number of aromatic nitrogens is 2. The average molecular weight is 272 g/mol. The van der Waals surface area contributed by atoms with Crippen LogP contribution in [0.1, 0.15) is 0 Å². The van der Waals surface area contributed by atoms with Crippen molar-refractivity contribution in [3.63, 3.8) is 0 Å². The molecule has 0 fully saturated rings. The molecule has 4 heteroatoms. The number of hydrogen-bond acceptors (Lipinski definition) is 2. The second-order valence-electron chi connectivity index (χ2n) is 4.70. The summed E-state index contributed by atoms with van der Waals surface area (Å²) in [6.07, 6.45) is 3.63. The highest BCUT2D eigenvalue weighted by atomic mass is 35.5. The molecule has 0 saturated heterocycles. The quantitative estimate of drug-likeness (QED) is 0.765. The minimum atomic E-state index is 0.650. The summed E-state index contributed by atoms with van der Waals surface area (Å²) in [5.74, 6) is 0. The number of hydrogen-bond donors (Lipinski definition) is 1. The Morgan fingerprint density at radius 2 is 2.05 bits per heavy atom. The molecule has 1 aromatic carbocycles. The third kappa shape index (κ3) is 2.17. The molecule has 0 aliphatic heterocycles. The first kappa shape index (κ1) is 12.1. The molecule has 3 aromatic rings. The van der Waals surface area contributed by atoms with Crippen LogP contribution in [0.5, 0.6) is 0 Å². The van der Waals surface area contributed by atoms with Crippen molar-refractivity contribution in [1.82, 2.24) is 9.97 Å². The number of nitrogens with one attached hydrogen (secondary N) is 1. The van der Waals surface area contributed by atoms with Crippen LogP contribution < -0.4 is 4.90 Å². The summed E-state index contributed by atoms with van der Waals surface area (Å²) in [6, 6.07) is 10.3. The molecule has 0 radical (unpaired) electrons. The van der Waals surface area contributed by atoms with Crippen molar-refractivity contribution in [3.8, 4) is 11.1 Å². The van der Waals surface area contributed by atoms with Crippen molar-refractivity contribution >= 4 is 28.3 Å². The normalized spacial score (nSPS) is 10.9. The van der Waals surface area contributed by atoms with Crippen LogP contribution in [0.3, 0.4) is 0 Å². The van der Waals surface area contributed by atoms with Gasteiger partial charge in [0, 0.05) is 43.1 Å². The fourth-order valence-electron chi connectivity index (χ4n) is 2.17. The standard InChI is InChI=1S/C15H14ClN3/c1-19(2)12-5-3-4-10(6-12)14-9-18-15-13(14)7-11(16)8-17-15/h3-9H,1-2H3,(H,17,18). The third-order valence-electron chi connectivity index (χ3n) is 3.17. The van der Waals surface area contributed by atoms with Gasteiger partial charge in [-0.3, -0.25) is 0 Å². The van der Waals surface area contributed by atoms with Crippen LogP contribution in [0.25, 0.3) is 22.2 Å². The van der Waals surface area contributed by atoms with E-state index in [1.54, 1.807) is 6.20 Å². The molecule has 0 aliphatic rings. The minimum Gasteiger partial charge on any atom is -0.378 e. The zero-order valence-electron chi connectivity index (χ0n) is 10.8. The lowest BCUT2D eigenvalue weighted by Crippen LogP contribution is -2.08. The average Bonchev–Trinajstić information content (AvgIpc) is 2.81. The van der Waals surface area contributed by atoms with Crippen molar-refractivity contribution in [2.24, 2.45) is 0 Å². The first-order chi connectivity index (χ1) is 9.15. The predicted octanol–water partition coefficient (Wildman–Crippen LogP) is 3.95. The van der Waals surface area contributed by atoms with E-state index in [2.05, 4.69) is 39.1 Å². The fraction of sp³-hybridized carbons (Fsp3) is 0.133. The van der Waals surface area contributed by atoms with Gasteiger partial charge >= 0.3 is 0 Å². The van der Waals surface area contributed by atoms with Crippen LogP contribution in [0.15, 0.2) is 42.7 Å². The first-order valence-corrected chi connectivity index (χ1v) is 6.43. The van der Waals surface area contributed by atoms with Crippen molar-refractivity contribution in [2.75, 3.05) is 19.0 Å². The zero-order chi connectivity index (χ0) is 13.4. The summed E-state index contributed by atoms with van der Waals surface area (Å²) in [5, 5.41) is 1.69. The largest absolute Gasteiger partial charge is 0.378 e. The number of H-pyrrole nitrogens is 1. The Morgan fingerprint density at radius 3 is 2.84 bits per heavy atom. The van der Waals surface area contributed by atoms with Gasteiger partial charge in [-0.2, -0.15) is 0 Å². The second-order valence-corrected chi connectivity index (χ2v) is 5.13. The Bertz CT molecular complexity index is 731. The van der Waals surface area contributed by atoms with Crippen LogP contribution in [-0.4, -0.2) is 24.1 Å². The van der Waals surface area contributed by atoms with E-state index in [1.807, 2.05) is 26.4 Å². The summed E-state index contributed by atoms with van der Waals surface area (Å²) in [7, 11) is 4.07. The van der Waals surface area contributed by atoms with Crippen LogP contribution >= 0.6 is 11.6 Å². The zero-order valence-corrected chi connectivity index (χ0v) is 11.6. The highest BCUT2D eigenvalue weighted by Gasteiger charge is 2.08. The Kier molecular flexibility index (Phi) is 2.91. The molecule has 0 amide bonds. The Hall–Kier alpha value is -2.00. The van der Waals surface area contributed by atoms with Crippen molar-refractivity contribution < 1.29 is 0 Å². The van der Waals surface area contributed by atoms with Gasteiger partial charge in [-0.05, 0) is 23.8 Å². The van der Waals surface area contributed by atoms with E-state index >= 15 is 0 Å². The van der Waals surface area contributed by atoms with Gasteiger partial charge in [-0.1, -0.05) is 23.7 Å². The lowest BCUT2D eigenvalue weighted by atomic mass is 10.1. The van der Waals surface area contributed by atoms with Crippen molar-refractivity contribution in [2.45, 2.75) is 0 Å². The molecule has 0 aliphatic carbocycles. The topological polar surface area (TPSA) is 31.9 Å². The number of benzene rings is 1. The molecule has 0 bridgehead atoms. The maximum absolute atomic E-state index is 6.03. The van der Waals surface area contributed by atoms with Gasteiger partial charge in [-0.15, -0.1) is 0 Å². The van der Waals surface area contributed by atoms with Gasteiger partial charge in [-0.25, -0.2) is 4.98 Å². The molecule has 3 rings (SSSR count). The number of nitrogens with zero attached hydrogens (tertiary/aromatic N) is 2. The second kappa shape index (κ2) is 4.59. The van der Waals surface area contributed by atoms with Crippen molar-refractivity contribution in [3.05, 3.63) is 47.7 Å². The van der Waals surface area contributed by atoms with Gasteiger partial charge in [0.05, 0.1) is 5.02 Å². The van der Waals surface area contributed by atoms with E-state index in [0.29, 0.717) is 5.02 Å². The summed E-state index contributed by atoms with van der Waals surface area (Å²) < 4.78 is 0. The van der Waals surface area contributed by atoms with E-state index in [1.165, 1.54) is 5.69 Å². The smallest absolute Gasteiger partial charge is 0.137 e. The molecule has 1 N–H and O–H groups in total. The molecule has 96 valence electrons. The van der Waals surface area contributed by atoms with E-state index in [9.17, 15) is 0 Å². The van der Waals surface area contributed by atoms with Crippen LogP contribution in [0, 0.1) is 0 Å². The van der Waals surface area contributed by atoms with Gasteiger partial charge < -0.3 is 9.88 Å². The van der Waals surface area contributed by atoms with E-state index in [-0.39, 0.29) is 0 Å². The first-order valence-electron chi connectivity index (χ1n) is 6.05. The summed E-state index contributed by atoms with van der Waals surface area (Å²) in [6.45, 7) is 0. The molecular weight excluding hydrogens is 258 g/mol. The van der Waals surface area contributed by atoms with Gasteiger partial charge in [0.25, 0.3) is 0 Å². The molecule has 0 atom stereocenters. The Balaban J connectivity index is 2.18. The van der Waals surface area contributed by atoms with Gasteiger partial charge in [0.15, 0.2) is 0 Å². The molecule has 0 saturated carbocycles. The molecular formula is C15H14ClN3. The van der Waals surface area contributed by atoms with E-state index in [4.69, 9.17) is 11.6 Å². The highest BCUT2D eigenvalue weighted by molar-refractivity contribution is 6.31. The third-order valence-corrected chi connectivity index (χ3v) is 3.38. The molecule has 0 unspecified atom stereocenters. The summed E-state index contributed by atoms with van der Waals surface area (Å²) in [5.41, 5.74) is 4.30. The fourth-order valence-corrected chi connectivity index (χ4v) is 2.33. The van der Waals surface area contributed by atoms with E-state index in [0.717, 1.165) is 22.2 Å². The number of aromatic amines is 1. The monoisotopic (exact) mass is 271 g/mol. The maximum Gasteiger partial charge on any atom is 0.137 e. The maximum atomic E-state index is 6.03. The number of fused-ring (bicyclic) bond motifs is 1. The SMILES string of the molecule is CN(C)c1cccc(-c2c[nH]c3ncc(Cl)cc23)c1. The van der Waals surface area contributed by atoms with Gasteiger partial charge in [0.1, 0.15) is 5.65 Å². The molecule has 2 heterocycles. The Morgan fingerprint density at radius 1 is 1.21 bits per heavy atom. The number of pyridine rings is 1. The van der Waals surface area contributed by atoms with Gasteiger partial charge in [0.2, 0.25) is 0 Å². The molecule has 0 spiro atoms. The lowest BCUT2D eigenvalue weighted by Gasteiger charge is -2.13. The van der Waals surface area contributed by atoms with Crippen LogP contribution in [-0.2, 0) is 0 Å². The minimum absolute atomic E-state index is 0.650. The summed E-state index contributed by atoms with van der Waals surface area (Å²) in [4.78, 5) is 9.55. The van der Waals surface area contributed by atoms with Crippen molar-refractivity contribution in [1.29, 1.82) is 0 Å². The highest BCUT2D eigenvalue weighted by Crippen LogP contribution is 2.31. The Labute approximate surface area is 116 Å². The lowest BCUT2D eigenvalue weighted by molar-refractivity contribution is 1.13.